The van der Waals surface area contributed by atoms with Crippen LogP contribution in [0.3, 0.4) is 0 Å². The van der Waals surface area contributed by atoms with Crippen LogP contribution in [-0.2, 0) is 23.0 Å². The van der Waals surface area contributed by atoms with E-state index in [1.165, 1.54) is 49.3 Å². The number of nitrogens with zero attached hydrogens (tertiary/aromatic N) is 3. The van der Waals surface area contributed by atoms with Gasteiger partial charge >= 0.3 is 0 Å². The molecule has 4 aliphatic heterocycles. The van der Waals surface area contributed by atoms with E-state index >= 15 is 0 Å². The Morgan fingerprint density at radius 3 is 2.04 bits per heavy atom. The maximum atomic E-state index is 14.1. The Hall–Kier alpha value is -2.62. The van der Waals surface area contributed by atoms with E-state index in [4.69, 9.17) is 4.74 Å². The van der Waals surface area contributed by atoms with Gasteiger partial charge in [0.2, 0.25) is 0 Å². The molecule has 3 saturated heterocycles. The summed E-state index contributed by atoms with van der Waals surface area (Å²) in [7, 11) is 0.290. The van der Waals surface area contributed by atoms with E-state index in [0.717, 1.165) is 54.8 Å². The van der Waals surface area contributed by atoms with Crippen molar-refractivity contribution in [2.24, 2.45) is 5.41 Å². The topological polar surface area (TPSA) is 70.1 Å². The molecule has 2 bridgehead atoms. The van der Waals surface area contributed by atoms with Gasteiger partial charge in [0.15, 0.2) is 9.84 Å². The van der Waals surface area contributed by atoms with E-state index in [0.29, 0.717) is 29.9 Å². The van der Waals surface area contributed by atoms with Gasteiger partial charge in [0.1, 0.15) is 18.9 Å². The first kappa shape index (κ1) is 37.6. The zero-order valence-corrected chi connectivity index (χ0v) is 31.5. The Labute approximate surface area is 301 Å². The normalized spacial score (nSPS) is 25.1. The smallest absolute Gasteiger partial charge is 0.179 e. The van der Waals surface area contributed by atoms with Gasteiger partial charge in [-0.15, -0.1) is 0 Å². The summed E-state index contributed by atoms with van der Waals surface area (Å²) in [5, 5.41) is 12.4. The SMILES string of the molecule is CCCCC1(CCCC)CS(=O)(=O)c2ccc(N(C)C)cc2[C@@H](c2ccc(OCc3ccc(C[N+]45CCN(CC4)CC5)cc3)cc2)C1O.[Cl-]. The molecule has 7 rings (SSSR count). The van der Waals surface area contributed by atoms with Crippen LogP contribution in [0.2, 0.25) is 0 Å². The van der Waals surface area contributed by atoms with Gasteiger partial charge in [-0.1, -0.05) is 75.9 Å². The van der Waals surface area contributed by atoms with Crippen LogP contribution < -0.4 is 22.0 Å². The van der Waals surface area contributed by atoms with Crippen LogP contribution in [0.15, 0.2) is 71.6 Å². The number of hydrogen-bond acceptors (Lipinski definition) is 6. The fourth-order valence-corrected chi connectivity index (χ4v) is 10.6. The molecule has 1 unspecified atom stereocenters. The molecule has 3 fully saturated rings. The van der Waals surface area contributed by atoms with Crippen LogP contribution in [0.25, 0.3) is 0 Å². The fourth-order valence-electron chi connectivity index (χ4n) is 8.43. The lowest BCUT2D eigenvalue weighted by Crippen LogP contribution is -3.00. The molecule has 0 saturated carbocycles. The van der Waals surface area contributed by atoms with E-state index < -0.39 is 27.3 Å². The number of unbranched alkanes of at least 4 members (excludes halogenated alkanes) is 2. The summed E-state index contributed by atoms with van der Waals surface area (Å²) in [6.45, 7) is 13.3. The van der Waals surface area contributed by atoms with Crippen molar-refractivity contribution in [3.8, 4) is 5.75 Å². The minimum absolute atomic E-state index is 0. The van der Waals surface area contributed by atoms with Gasteiger partial charge in [-0.05, 0) is 59.9 Å². The number of fused-ring (bicyclic) bond motifs is 4. The number of quaternary nitrogens is 1. The van der Waals surface area contributed by atoms with E-state index in [9.17, 15) is 13.5 Å². The number of anilines is 1. The monoisotopic (exact) mass is 709 g/mol. The van der Waals surface area contributed by atoms with Gasteiger partial charge in [-0.2, -0.15) is 0 Å². The number of aliphatic hydroxyl groups is 1. The largest absolute Gasteiger partial charge is 1.00 e. The van der Waals surface area contributed by atoms with Crippen LogP contribution in [0.1, 0.15) is 80.5 Å². The van der Waals surface area contributed by atoms with Crippen LogP contribution in [0, 0.1) is 5.41 Å². The van der Waals surface area contributed by atoms with Crippen LogP contribution >= 0.6 is 0 Å². The number of benzene rings is 3. The summed E-state index contributed by atoms with van der Waals surface area (Å²) in [6, 6.07) is 22.5. The van der Waals surface area contributed by atoms with Gasteiger partial charge < -0.3 is 31.6 Å². The highest BCUT2D eigenvalue weighted by atomic mass is 35.5. The molecule has 7 nitrogen and oxygen atoms in total. The Bertz CT molecular complexity index is 1620. The molecule has 49 heavy (non-hydrogen) atoms. The zero-order valence-electron chi connectivity index (χ0n) is 29.9. The van der Waals surface area contributed by atoms with Crippen molar-refractivity contribution in [3.05, 3.63) is 89.0 Å². The van der Waals surface area contributed by atoms with Crippen molar-refractivity contribution in [2.45, 2.75) is 82.4 Å². The third kappa shape index (κ3) is 8.15. The van der Waals surface area contributed by atoms with Gasteiger partial charge in [0, 0.05) is 56.3 Å². The molecule has 0 aliphatic carbocycles. The van der Waals surface area contributed by atoms with E-state index in [1.54, 1.807) is 6.07 Å². The van der Waals surface area contributed by atoms with Crippen LogP contribution in [-0.4, -0.2) is 88.1 Å². The second-order valence-electron chi connectivity index (χ2n) is 15.1. The quantitative estimate of drug-likeness (QED) is 0.274. The third-order valence-corrected chi connectivity index (χ3v) is 13.5. The minimum atomic E-state index is -3.63. The number of aliphatic hydroxyl groups excluding tert-OH is 1. The molecule has 0 aromatic heterocycles. The maximum absolute atomic E-state index is 14.1. The Morgan fingerprint density at radius 1 is 0.878 bits per heavy atom. The molecule has 3 aromatic rings. The van der Waals surface area contributed by atoms with E-state index in [1.807, 2.05) is 55.4 Å². The number of piperazine rings is 3. The highest BCUT2D eigenvalue weighted by Crippen LogP contribution is 2.50. The fraction of sp³-hybridized carbons (Fsp3) is 0.550. The van der Waals surface area contributed by atoms with Gasteiger partial charge in [0.25, 0.3) is 0 Å². The van der Waals surface area contributed by atoms with Gasteiger partial charge in [-0.3, -0.25) is 4.90 Å². The van der Waals surface area contributed by atoms with Crippen molar-refractivity contribution >= 4 is 15.5 Å². The molecule has 0 spiro atoms. The van der Waals surface area contributed by atoms with Gasteiger partial charge in [-0.25, -0.2) is 8.42 Å². The van der Waals surface area contributed by atoms with Crippen molar-refractivity contribution in [1.82, 2.24) is 4.90 Å². The highest BCUT2D eigenvalue weighted by molar-refractivity contribution is 7.91. The average molecular weight is 710 g/mol. The Kier molecular flexibility index (Phi) is 12.1. The number of sulfone groups is 1. The van der Waals surface area contributed by atoms with Crippen molar-refractivity contribution in [1.29, 1.82) is 0 Å². The Balaban J connectivity index is 0.00000468. The first-order valence-corrected chi connectivity index (χ1v) is 19.8. The molecular weight excluding hydrogens is 654 g/mol. The Morgan fingerprint density at radius 2 is 1.47 bits per heavy atom. The van der Waals surface area contributed by atoms with E-state index in [2.05, 4.69) is 43.0 Å². The average Bonchev–Trinajstić information content (AvgIpc) is 3.17. The lowest BCUT2D eigenvalue weighted by molar-refractivity contribution is -0.953. The summed E-state index contributed by atoms with van der Waals surface area (Å²) in [5.41, 5.74) is 4.34. The highest BCUT2D eigenvalue weighted by Gasteiger charge is 2.49. The molecule has 268 valence electrons. The summed E-state index contributed by atoms with van der Waals surface area (Å²) in [5.74, 6) is 0.264. The molecule has 4 aliphatic rings. The summed E-state index contributed by atoms with van der Waals surface area (Å²) < 4.78 is 35.7. The van der Waals surface area contributed by atoms with Crippen LogP contribution in [0.5, 0.6) is 5.75 Å². The van der Waals surface area contributed by atoms with Crippen molar-refractivity contribution < 1.29 is 35.2 Å². The minimum Gasteiger partial charge on any atom is -1.00 e. The molecule has 9 heteroatoms. The van der Waals surface area contributed by atoms with Crippen LogP contribution in [0.4, 0.5) is 5.69 Å². The number of ether oxygens (including phenoxy) is 1. The number of rotatable bonds is 13. The predicted octanol–water partition coefficient (Wildman–Crippen LogP) is 3.63. The predicted molar refractivity (Wildman–Crippen MR) is 194 cm³/mol. The molecule has 2 atom stereocenters. The van der Waals surface area contributed by atoms with Gasteiger partial charge in [0.05, 0.1) is 36.4 Å². The molecule has 4 heterocycles. The third-order valence-electron chi connectivity index (χ3n) is 11.5. The standard InChI is InChI=1S/C40H56N3O4S.ClH/c1-5-7-19-40(20-8-6-2)30-48(45,46)37-18-15-34(41(3)4)27-36(37)38(39(40)44)33-13-16-35(17-14-33)47-29-32-11-9-31(10-12-32)28-43-24-21-42(22-25-43)23-26-43;/h9-18,27,38-39,44H,5-8,19-26,28-30H2,1-4H3;1H/q+1;/p-1/t38-,39?;/m1./s1. The molecule has 0 radical (unpaired) electrons. The molecule has 0 amide bonds. The second-order valence-corrected chi connectivity index (χ2v) is 17.0. The second kappa shape index (κ2) is 15.7. The lowest BCUT2D eigenvalue weighted by atomic mass is 9.68. The molecule has 1 N–H and O–H groups in total. The van der Waals surface area contributed by atoms with Crippen molar-refractivity contribution in [2.75, 3.05) is 64.0 Å². The summed E-state index contributed by atoms with van der Waals surface area (Å²) in [6.07, 6.45) is 4.21. The number of hydrogen-bond donors (Lipinski definition) is 1. The first-order chi connectivity index (χ1) is 23.1. The zero-order chi connectivity index (χ0) is 33.9. The van der Waals surface area contributed by atoms with E-state index in [-0.39, 0.29) is 18.2 Å². The van der Waals surface area contributed by atoms with Crippen molar-refractivity contribution in [3.63, 3.8) is 0 Å². The molecule has 3 aromatic carbocycles. The summed E-state index contributed by atoms with van der Waals surface area (Å²) >= 11 is 0. The lowest BCUT2D eigenvalue weighted by Gasteiger charge is -2.50. The summed E-state index contributed by atoms with van der Waals surface area (Å²) in [4.78, 5) is 4.93. The maximum Gasteiger partial charge on any atom is 0.179 e. The first-order valence-electron chi connectivity index (χ1n) is 18.2. The number of halogens is 1. The molecular formula is C40H56ClN3O4S.